The number of halogens is 1. The highest BCUT2D eigenvalue weighted by Gasteiger charge is 2.19. The molecule has 6 rings (SSSR count). The van der Waals surface area contributed by atoms with Crippen LogP contribution in [0.3, 0.4) is 0 Å². The number of rotatable bonds is 0. The van der Waals surface area contributed by atoms with Crippen molar-refractivity contribution < 1.29 is 13.2 Å². The van der Waals surface area contributed by atoms with E-state index in [0.29, 0.717) is 33.4 Å². The third kappa shape index (κ3) is 1.59. The molecule has 0 atom stereocenters. The van der Waals surface area contributed by atoms with Crippen LogP contribution in [0.4, 0.5) is 4.39 Å². The Morgan fingerprint density at radius 3 is 2.40 bits per heavy atom. The van der Waals surface area contributed by atoms with E-state index in [4.69, 9.17) is 8.83 Å². The van der Waals surface area contributed by atoms with E-state index in [1.807, 2.05) is 24.3 Å². The molecule has 118 valence electrons. The smallest absolute Gasteiger partial charge is 0.197 e. The fourth-order valence-electron chi connectivity index (χ4n) is 3.52. The molecule has 0 radical (unpaired) electrons. The van der Waals surface area contributed by atoms with Gasteiger partial charge in [-0.15, -0.1) is 0 Å². The molecule has 4 nitrogen and oxygen atoms in total. The first-order chi connectivity index (χ1) is 12.3. The predicted octanol–water partition coefficient (Wildman–Crippen LogP) is 5.57. The van der Waals surface area contributed by atoms with Gasteiger partial charge in [0.25, 0.3) is 0 Å². The molecule has 25 heavy (non-hydrogen) atoms. The summed E-state index contributed by atoms with van der Waals surface area (Å²) in [5, 5.41) is 3.56. The largest absolute Gasteiger partial charge is 0.449 e. The number of fused-ring (bicyclic) bond motifs is 9. The number of para-hydroxylation sites is 2. The molecule has 3 aromatic carbocycles. The van der Waals surface area contributed by atoms with Gasteiger partial charge >= 0.3 is 0 Å². The van der Waals surface area contributed by atoms with Crippen LogP contribution in [-0.2, 0) is 0 Å². The van der Waals surface area contributed by atoms with Crippen LogP contribution >= 0.6 is 0 Å². The number of aromatic nitrogens is 2. The second-order valence-corrected chi connectivity index (χ2v) is 6.04. The maximum atomic E-state index is 13.6. The molecule has 0 bridgehead atoms. The minimum absolute atomic E-state index is 0.316. The van der Waals surface area contributed by atoms with Gasteiger partial charge in [0.05, 0.1) is 5.52 Å². The third-order valence-electron chi connectivity index (χ3n) is 4.60. The fraction of sp³-hybridized carbons (Fsp3) is 0. The Kier molecular flexibility index (Phi) is 2.23. The molecular formula is C20H9FN2O2. The topological polar surface area (TPSA) is 52.1 Å². The van der Waals surface area contributed by atoms with E-state index < -0.39 is 0 Å². The summed E-state index contributed by atoms with van der Waals surface area (Å²) in [7, 11) is 0. The Bertz CT molecular complexity index is 1460. The SMILES string of the molecule is Fc1ccc2c(c1)nc1c3oc4ccccc4oc3c3cncc3c21. The average Bonchev–Trinajstić information content (AvgIpc) is 3.24. The number of hydrogen-bond acceptors (Lipinski definition) is 4. The second kappa shape index (κ2) is 4.33. The molecule has 0 unspecified atom stereocenters. The minimum atomic E-state index is -0.316. The zero-order chi connectivity index (χ0) is 16.5. The van der Waals surface area contributed by atoms with Gasteiger partial charge in [0, 0.05) is 40.0 Å². The van der Waals surface area contributed by atoms with Gasteiger partial charge in [-0.25, -0.2) is 9.37 Å². The summed E-state index contributed by atoms with van der Waals surface area (Å²) in [5.41, 5.74) is 3.68. The van der Waals surface area contributed by atoms with Crippen molar-refractivity contribution in [3.05, 3.63) is 60.7 Å². The van der Waals surface area contributed by atoms with E-state index in [1.165, 1.54) is 12.1 Å². The molecule has 0 aliphatic rings. The van der Waals surface area contributed by atoms with Gasteiger partial charge in [-0.2, -0.15) is 0 Å². The quantitative estimate of drug-likeness (QED) is 0.342. The zero-order valence-electron chi connectivity index (χ0n) is 12.8. The van der Waals surface area contributed by atoms with Gasteiger partial charge < -0.3 is 8.83 Å². The fourth-order valence-corrected chi connectivity index (χ4v) is 3.52. The monoisotopic (exact) mass is 328 g/mol. The first kappa shape index (κ1) is 12.9. The Hall–Kier alpha value is -3.47. The van der Waals surface area contributed by atoms with Gasteiger partial charge in [-0.05, 0) is 24.3 Å². The molecule has 0 aliphatic carbocycles. The molecule has 6 aromatic rings. The van der Waals surface area contributed by atoms with Crippen molar-refractivity contribution in [2.75, 3.05) is 0 Å². The molecule has 0 amide bonds. The predicted molar refractivity (Wildman–Crippen MR) is 94.1 cm³/mol. The highest BCUT2D eigenvalue weighted by Crippen LogP contribution is 2.40. The summed E-state index contributed by atoms with van der Waals surface area (Å²) in [6.45, 7) is 0. The molecule has 5 heteroatoms. The number of benzene rings is 3. The zero-order valence-corrected chi connectivity index (χ0v) is 12.8. The molecule has 0 fully saturated rings. The normalized spacial score (nSPS) is 12.2. The van der Waals surface area contributed by atoms with Crippen LogP contribution in [0.1, 0.15) is 0 Å². The van der Waals surface area contributed by atoms with Crippen LogP contribution in [0, 0.1) is 5.82 Å². The van der Waals surface area contributed by atoms with Gasteiger partial charge in [-0.3, -0.25) is 4.98 Å². The Balaban J connectivity index is 1.98. The molecule has 3 aromatic heterocycles. The molecule has 0 spiro atoms. The van der Waals surface area contributed by atoms with Crippen molar-refractivity contribution in [2.45, 2.75) is 0 Å². The average molecular weight is 328 g/mol. The number of hydrogen-bond donors (Lipinski definition) is 0. The van der Waals surface area contributed by atoms with Gasteiger partial charge in [0.2, 0.25) is 0 Å². The highest BCUT2D eigenvalue weighted by atomic mass is 19.1. The molecule has 0 aliphatic heterocycles. The minimum Gasteiger partial charge on any atom is -0.449 e. The van der Waals surface area contributed by atoms with E-state index in [2.05, 4.69) is 9.97 Å². The summed E-state index contributed by atoms with van der Waals surface area (Å²) >= 11 is 0. The third-order valence-corrected chi connectivity index (χ3v) is 4.60. The van der Waals surface area contributed by atoms with E-state index in [1.54, 1.807) is 18.5 Å². The lowest BCUT2D eigenvalue weighted by atomic mass is 10.1. The first-order valence-electron chi connectivity index (χ1n) is 7.86. The summed E-state index contributed by atoms with van der Waals surface area (Å²) in [6.07, 6.45) is 3.54. The summed E-state index contributed by atoms with van der Waals surface area (Å²) in [5.74, 6) is -0.316. The lowest BCUT2D eigenvalue weighted by molar-refractivity contribution is 0.586. The Morgan fingerprint density at radius 2 is 1.56 bits per heavy atom. The van der Waals surface area contributed by atoms with Crippen molar-refractivity contribution in [3.8, 4) is 0 Å². The van der Waals surface area contributed by atoms with Crippen molar-refractivity contribution in [1.82, 2.24) is 9.97 Å². The Morgan fingerprint density at radius 1 is 0.800 bits per heavy atom. The molecule has 0 saturated carbocycles. The maximum Gasteiger partial charge on any atom is 0.197 e. The van der Waals surface area contributed by atoms with Crippen LogP contribution in [0.5, 0.6) is 0 Å². The first-order valence-corrected chi connectivity index (χ1v) is 7.86. The van der Waals surface area contributed by atoms with Crippen LogP contribution in [0.15, 0.2) is 63.7 Å². The standard InChI is InChI=1S/C20H9FN2O2/c21-10-5-6-11-14(7-10)23-18-17(11)12-8-22-9-13(12)19-20(18)25-16-4-2-1-3-15(16)24-19/h1-9H. The summed E-state index contributed by atoms with van der Waals surface area (Å²) in [6, 6.07) is 12.1. The van der Waals surface area contributed by atoms with E-state index in [0.717, 1.165) is 21.5 Å². The van der Waals surface area contributed by atoms with E-state index >= 15 is 0 Å². The second-order valence-electron chi connectivity index (χ2n) is 6.04. The lowest BCUT2D eigenvalue weighted by Gasteiger charge is -2.04. The van der Waals surface area contributed by atoms with Crippen molar-refractivity contribution in [2.24, 2.45) is 0 Å². The molecular weight excluding hydrogens is 319 g/mol. The van der Waals surface area contributed by atoms with Gasteiger partial charge in [-0.1, -0.05) is 12.1 Å². The van der Waals surface area contributed by atoms with Crippen LogP contribution in [0.2, 0.25) is 0 Å². The van der Waals surface area contributed by atoms with Crippen molar-refractivity contribution in [1.29, 1.82) is 0 Å². The molecule has 0 N–H and O–H groups in total. The van der Waals surface area contributed by atoms with Crippen molar-refractivity contribution in [3.63, 3.8) is 0 Å². The maximum absolute atomic E-state index is 13.6. The Labute approximate surface area is 139 Å². The number of nitrogens with zero attached hydrogens (tertiary/aromatic N) is 2. The van der Waals surface area contributed by atoms with Crippen molar-refractivity contribution >= 4 is 54.9 Å². The van der Waals surface area contributed by atoms with E-state index in [-0.39, 0.29) is 5.82 Å². The van der Waals surface area contributed by atoms with E-state index in [9.17, 15) is 4.39 Å². The molecule has 0 saturated heterocycles. The van der Waals surface area contributed by atoms with Gasteiger partial charge in [0.15, 0.2) is 22.3 Å². The summed E-state index contributed by atoms with van der Waals surface area (Å²) in [4.78, 5) is 8.90. The molecule has 3 heterocycles. The van der Waals surface area contributed by atoms with Crippen LogP contribution < -0.4 is 0 Å². The van der Waals surface area contributed by atoms with Gasteiger partial charge in [0.1, 0.15) is 11.3 Å². The summed E-state index contributed by atoms with van der Waals surface area (Å²) < 4.78 is 25.9. The highest BCUT2D eigenvalue weighted by molar-refractivity contribution is 6.29. The lowest BCUT2D eigenvalue weighted by Crippen LogP contribution is -1.80. The van der Waals surface area contributed by atoms with Crippen LogP contribution in [0.25, 0.3) is 54.9 Å². The van der Waals surface area contributed by atoms with Crippen LogP contribution in [-0.4, -0.2) is 9.97 Å².